The van der Waals surface area contributed by atoms with Crippen molar-refractivity contribution in [1.82, 2.24) is 29.7 Å². The van der Waals surface area contributed by atoms with Gasteiger partial charge < -0.3 is 14.8 Å². The fourth-order valence-electron chi connectivity index (χ4n) is 4.03. The first kappa shape index (κ1) is 19.4. The summed E-state index contributed by atoms with van der Waals surface area (Å²) in [5.41, 5.74) is 4.34. The van der Waals surface area contributed by atoms with E-state index in [1.807, 2.05) is 68.1 Å². The summed E-state index contributed by atoms with van der Waals surface area (Å²) in [6.07, 6.45) is 9.39. The van der Waals surface area contributed by atoms with Gasteiger partial charge in [0.05, 0.1) is 17.8 Å². The number of nitrogens with one attached hydrogen (secondary N) is 1. The summed E-state index contributed by atoms with van der Waals surface area (Å²) in [5, 5.41) is 4.22. The summed E-state index contributed by atoms with van der Waals surface area (Å²) in [4.78, 5) is 15.6. The molecule has 0 aromatic carbocycles. The Hall–Kier alpha value is -3.58. The fraction of sp³-hybridized carbons (Fsp3) is 0.167. The SMILES string of the molecule is Cc1ccc(-n2cccc2[C@H]2[C@H](c3ccccn3)NC(=S)N2Cc2ccncc2)nc1. The Kier molecular flexibility index (Phi) is 5.18. The van der Waals surface area contributed by atoms with Crippen LogP contribution >= 0.6 is 12.2 Å². The Morgan fingerprint density at radius 3 is 2.58 bits per heavy atom. The molecule has 0 spiro atoms. The van der Waals surface area contributed by atoms with Gasteiger partial charge >= 0.3 is 0 Å². The van der Waals surface area contributed by atoms with E-state index in [0.29, 0.717) is 11.7 Å². The van der Waals surface area contributed by atoms with Gasteiger partial charge in [0, 0.05) is 43.2 Å². The van der Waals surface area contributed by atoms with Crippen molar-refractivity contribution >= 4 is 17.3 Å². The first-order chi connectivity index (χ1) is 15.2. The molecule has 0 bridgehead atoms. The third-order valence-electron chi connectivity index (χ3n) is 5.53. The average molecular weight is 427 g/mol. The zero-order valence-electron chi connectivity index (χ0n) is 17.1. The van der Waals surface area contributed by atoms with Crippen LogP contribution in [0.25, 0.3) is 5.82 Å². The minimum Gasteiger partial charge on any atom is -0.352 e. The Morgan fingerprint density at radius 1 is 0.968 bits per heavy atom. The monoisotopic (exact) mass is 426 g/mol. The highest BCUT2D eigenvalue weighted by molar-refractivity contribution is 7.80. The van der Waals surface area contributed by atoms with Gasteiger partial charge in [0.2, 0.25) is 0 Å². The maximum absolute atomic E-state index is 5.79. The molecule has 154 valence electrons. The minimum atomic E-state index is -0.0744. The Labute approximate surface area is 186 Å². The van der Waals surface area contributed by atoms with Crippen LogP contribution in [0, 0.1) is 6.92 Å². The van der Waals surface area contributed by atoms with E-state index in [4.69, 9.17) is 12.2 Å². The van der Waals surface area contributed by atoms with E-state index in [2.05, 4.69) is 54.1 Å². The van der Waals surface area contributed by atoms with Crippen molar-refractivity contribution in [3.8, 4) is 5.82 Å². The van der Waals surface area contributed by atoms with E-state index >= 15 is 0 Å². The van der Waals surface area contributed by atoms with Crippen molar-refractivity contribution in [1.29, 1.82) is 0 Å². The standard InChI is InChI=1S/C24H22N6S/c1-17-7-8-21(27-15-17)29-14-4-6-20(29)23-22(19-5-2-3-11-26-19)28-24(31)30(23)16-18-9-12-25-13-10-18/h2-15,22-23H,16H2,1H3,(H,28,31)/t22-,23-/m0/s1. The molecule has 0 amide bonds. The maximum atomic E-state index is 5.79. The summed E-state index contributed by atoms with van der Waals surface area (Å²) >= 11 is 5.79. The molecule has 5 rings (SSSR count). The summed E-state index contributed by atoms with van der Waals surface area (Å²) in [6.45, 7) is 2.72. The van der Waals surface area contributed by atoms with Crippen LogP contribution in [0.15, 0.2) is 85.6 Å². The van der Waals surface area contributed by atoms with Gasteiger partial charge in [0.1, 0.15) is 5.82 Å². The molecule has 0 radical (unpaired) electrons. The lowest BCUT2D eigenvalue weighted by Crippen LogP contribution is -2.30. The molecule has 31 heavy (non-hydrogen) atoms. The lowest BCUT2D eigenvalue weighted by molar-refractivity contribution is 0.302. The molecule has 1 saturated heterocycles. The molecule has 1 fully saturated rings. The first-order valence-electron chi connectivity index (χ1n) is 10.2. The summed E-state index contributed by atoms with van der Waals surface area (Å²) in [6, 6.07) is 18.2. The highest BCUT2D eigenvalue weighted by Gasteiger charge is 2.41. The third kappa shape index (κ3) is 3.80. The minimum absolute atomic E-state index is 0.0475. The number of aryl methyl sites for hydroxylation is 1. The van der Waals surface area contributed by atoms with E-state index in [1.54, 1.807) is 0 Å². The molecule has 1 N–H and O–H groups in total. The number of hydrogen-bond donors (Lipinski definition) is 1. The van der Waals surface area contributed by atoms with Gasteiger partial charge in [-0.3, -0.25) is 9.97 Å². The number of nitrogens with zero attached hydrogens (tertiary/aromatic N) is 5. The van der Waals surface area contributed by atoms with Gasteiger partial charge in [-0.25, -0.2) is 4.98 Å². The van der Waals surface area contributed by atoms with Gasteiger partial charge in [-0.1, -0.05) is 12.1 Å². The van der Waals surface area contributed by atoms with Crippen LogP contribution in [0.1, 0.15) is 34.6 Å². The molecule has 7 heteroatoms. The first-order valence-corrected chi connectivity index (χ1v) is 10.6. The summed E-state index contributed by atoms with van der Waals surface area (Å²) in [7, 11) is 0. The molecule has 0 saturated carbocycles. The number of aromatic nitrogens is 4. The molecule has 5 heterocycles. The smallest absolute Gasteiger partial charge is 0.170 e. The quantitative estimate of drug-likeness (QED) is 0.484. The molecule has 6 nitrogen and oxygen atoms in total. The number of hydrogen-bond acceptors (Lipinski definition) is 4. The highest BCUT2D eigenvalue weighted by atomic mass is 32.1. The Morgan fingerprint density at radius 2 is 1.84 bits per heavy atom. The topological polar surface area (TPSA) is 58.9 Å². The molecular formula is C24H22N6S. The third-order valence-corrected chi connectivity index (χ3v) is 5.88. The summed E-state index contributed by atoms with van der Waals surface area (Å²) in [5.74, 6) is 0.882. The zero-order valence-corrected chi connectivity index (χ0v) is 17.9. The number of rotatable bonds is 5. The molecule has 0 aliphatic carbocycles. The largest absolute Gasteiger partial charge is 0.352 e. The van der Waals surface area contributed by atoms with E-state index in [9.17, 15) is 0 Å². The van der Waals surface area contributed by atoms with Crippen LogP contribution < -0.4 is 5.32 Å². The second-order valence-corrected chi connectivity index (χ2v) is 7.99. The summed E-state index contributed by atoms with van der Waals surface area (Å²) < 4.78 is 2.13. The fourth-order valence-corrected chi connectivity index (χ4v) is 4.33. The second-order valence-electron chi connectivity index (χ2n) is 7.61. The number of pyridine rings is 3. The van der Waals surface area contributed by atoms with Gasteiger partial charge in [-0.2, -0.15) is 0 Å². The second kappa shape index (κ2) is 8.28. The maximum Gasteiger partial charge on any atom is 0.170 e. The zero-order chi connectivity index (χ0) is 21.2. The van der Waals surface area contributed by atoms with Crippen LogP contribution in [-0.2, 0) is 6.54 Å². The van der Waals surface area contributed by atoms with E-state index in [1.165, 1.54) is 0 Å². The molecule has 1 aliphatic rings. The van der Waals surface area contributed by atoms with Gasteiger partial charge in [0.15, 0.2) is 5.11 Å². The molecule has 4 aromatic heterocycles. The van der Waals surface area contributed by atoms with E-state index in [-0.39, 0.29) is 12.1 Å². The molecule has 0 unspecified atom stereocenters. The van der Waals surface area contributed by atoms with Crippen LogP contribution in [0.5, 0.6) is 0 Å². The highest BCUT2D eigenvalue weighted by Crippen LogP contribution is 2.40. The van der Waals surface area contributed by atoms with Crippen molar-refractivity contribution in [3.63, 3.8) is 0 Å². The van der Waals surface area contributed by atoms with Crippen molar-refractivity contribution in [2.24, 2.45) is 0 Å². The molecular weight excluding hydrogens is 404 g/mol. The lowest BCUT2D eigenvalue weighted by atomic mass is 10.0. The van der Waals surface area contributed by atoms with Gasteiger partial charge in [0.25, 0.3) is 0 Å². The molecule has 1 aliphatic heterocycles. The van der Waals surface area contributed by atoms with E-state index < -0.39 is 0 Å². The van der Waals surface area contributed by atoms with Crippen LogP contribution in [-0.4, -0.2) is 29.5 Å². The molecule has 4 aromatic rings. The van der Waals surface area contributed by atoms with E-state index in [0.717, 1.165) is 28.3 Å². The van der Waals surface area contributed by atoms with Crippen LogP contribution in [0.2, 0.25) is 0 Å². The van der Waals surface area contributed by atoms with Crippen molar-refractivity contribution in [3.05, 3.63) is 108 Å². The van der Waals surface area contributed by atoms with Gasteiger partial charge in [-0.05, 0) is 72.7 Å². The van der Waals surface area contributed by atoms with Crippen molar-refractivity contribution < 1.29 is 0 Å². The molecule has 2 atom stereocenters. The average Bonchev–Trinajstić information content (AvgIpc) is 3.40. The predicted molar refractivity (Wildman–Crippen MR) is 124 cm³/mol. The Balaban J connectivity index is 1.60. The predicted octanol–water partition coefficient (Wildman–Crippen LogP) is 4.14. The Bertz CT molecular complexity index is 1170. The number of thiocarbonyl (C=S) groups is 1. The van der Waals surface area contributed by atoms with Crippen LogP contribution in [0.4, 0.5) is 0 Å². The van der Waals surface area contributed by atoms with Crippen LogP contribution in [0.3, 0.4) is 0 Å². The lowest BCUT2D eigenvalue weighted by Gasteiger charge is -2.28. The van der Waals surface area contributed by atoms with Gasteiger partial charge in [-0.15, -0.1) is 0 Å². The van der Waals surface area contributed by atoms with Crippen molar-refractivity contribution in [2.75, 3.05) is 0 Å². The van der Waals surface area contributed by atoms with Crippen molar-refractivity contribution in [2.45, 2.75) is 25.6 Å². The normalized spacial score (nSPS) is 18.2.